The third-order valence-electron chi connectivity index (χ3n) is 3.61. The van der Waals surface area contributed by atoms with Gasteiger partial charge in [0, 0.05) is 50.3 Å². The van der Waals surface area contributed by atoms with Gasteiger partial charge in [0.25, 0.3) is 0 Å². The third kappa shape index (κ3) is 4.32. The van der Waals surface area contributed by atoms with E-state index in [0.717, 1.165) is 39.1 Å². The summed E-state index contributed by atoms with van der Waals surface area (Å²) in [6, 6.07) is 10.7. The molecule has 1 aromatic carbocycles. The largest absolute Gasteiger partial charge is 0.383 e. The highest BCUT2D eigenvalue weighted by Crippen LogP contribution is 2.21. The molecule has 0 bridgehead atoms. The number of hydrogen-bond donors (Lipinski definition) is 1. The molecule has 2 rings (SSSR count). The van der Waals surface area contributed by atoms with Crippen LogP contribution in [0.15, 0.2) is 30.5 Å². The van der Waals surface area contributed by atoms with Gasteiger partial charge in [-0.25, -0.2) is 0 Å². The fourth-order valence-corrected chi connectivity index (χ4v) is 2.53. The molecule has 0 unspecified atom stereocenters. The van der Waals surface area contributed by atoms with Gasteiger partial charge in [-0.05, 0) is 24.5 Å². The number of para-hydroxylation sites is 1. The summed E-state index contributed by atoms with van der Waals surface area (Å²) in [5.41, 5.74) is 2.60. The zero-order chi connectivity index (χ0) is 14.9. The molecule has 0 spiro atoms. The molecule has 2 aromatic rings. The first kappa shape index (κ1) is 15.6. The first-order chi connectivity index (χ1) is 10.4. The van der Waals surface area contributed by atoms with E-state index in [9.17, 15) is 0 Å². The molecule has 4 heteroatoms. The first-order valence-electron chi connectivity index (χ1n) is 7.50. The number of aryl methyl sites for hydroxylation is 1. The molecule has 0 saturated heterocycles. The number of methoxy groups -OCH3 is 1. The third-order valence-corrected chi connectivity index (χ3v) is 3.61. The molecule has 1 N–H and O–H groups in total. The summed E-state index contributed by atoms with van der Waals surface area (Å²) in [4.78, 5) is 0. The van der Waals surface area contributed by atoms with Crippen molar-refractivity contribution in [1.29, 1.82) is 5.26 Å². The maximum atomic E-state index is 8.60. The van der Waals surface area contributed by atoms with Gasteiger partial charge in [0.05, 0.1) is 12.7 Å². The SMILES string of the molecule is COCCNCc1cn(CCCCC#N)c2ccccc12. The molecule has 4 nitrogen and oxygen atoms in total. The molecule has 0 atom stereocenters. The molecule has 0 radical (unpaired) electrons. The van der Waals surface area contributed by atoms with Crippen molar-refractivity contribution in [3.8, 4) is 6.07 Å². The maximum absolute atomic E-state index is 8.60. The molecule has 112 valence electrons. The van der Waals surface area contributed by atoms with Crippen molar-refractivity contribution >= 4 is 10.9 Å². The van der Waals surface area contributed by atoms with Gasteiger partial charge in [-0.1, -0.05) is 18.2 Å². The summed E-state index contributed by atoms with van der Waals surface area (Å²) in [6.45, 7) is 3.42. The lowest BCUT2D eigenvalue weighted by Crippen LogP contribution is -2.18. The van der Waals surface area contributed by atoms with Crippen molar-refractivity contribution in [3.05, 3.63) is 36.0 Å². The molecule has 0 aliphatic rings. The van der Waals surface area contributed by atoms with Crippen LogP contribution in [0.3, 0.4) is 0 Å². The zero-order valence-corrected chi connectivity index (χ0v) is 12.6. The number of fused-ring (bicyclic) bond motifs is 1. The van der Waals surface area contributed by atoms with E-state index in [1.54, 1.807) is 7.11 Å². The molecule has 1 heterocycles. The van der Waals surface area contributed by atoms with Crippen molar-refractivity contribution in [2.75, 3.05) is 20.3 Å². The average Bonchev–Trinajstić information content (AvgIpc) is 2.87. The monoisotopic (exact) mass is 285 g/mol. The lowest BCUT2D eigenvalue weighted by Gasteiger charge is -2.03. The van der Waals surface area contributed by atoms with E-state index < -0.39 is 0 Å². The number of nitrogens with one attached hydrogen (secondary N) is 1. The second-order valence-electron chi connectivity index (χ2n) is 5.15. The van der Waals surface area contributed by atoms with Crippen molar-refractivity contribution < 1.29 is 4.74 Å². The standard InChI is InChI=1S/C17H23N3O/c1-21-12-10-19-13-15-14-20(11-6-2-5-9-18)17-8-4-3-7-16(15)17/h3-4,7-8,14,19H,2,5-6,10-13H2,1H3. The average molecular weight is 285 g/mol. The predicted octanol–water partition coefficient (Wildman–Crippen LogP) is 3.07. The number of hydrogen-bond acceptors (Lipinski definition) is 3. The molecule has 0 fully saturated rings. The lowest BCUT2D eigenvalue weighted by molar-refractivity contribution is 0.199. The normalized spacial score (nSPS) is 10.9. The minimum atomic E-state index is 0.643. The lowest BCUT2D eigenvalue weighted by atomic mass is 10.2. The molecule has 0 saturated carbocycles. The summed E-state index contributed by atoms with van der Waals surface area (Å²) >= 11 is 0. The van der Waals surface area contributed by atoms with Gasteiger partial charge in [-0.15, -0.1) is 0 Å². The Bertz CT molecular complexity index is 598. The molecular formula is C17H23N3O. The highest BCUT2D eigenvalue weighted by Gasteiger charge is 2.07. The fourth-order valence-electron chi connectivity index (χ4n) is 2.53. The second-order valence-corrected chi connectivity index (χ2v) is 5.15. The van der Waals surface area contributed by atoms with E-state index in [1.165, 1.54) is 16.5 Å². The first-order valence-corrected chi connectivity index (χ1v) is 7.50. The summed E-state index contributed by atoms with van der Waals surface area (Å²) in [6.07, 6.45) is 4.88. The number of nitriles is 1. The number of rotatable bonds is 9. The van der Waals surface area contributed by atoms with Crippen molar-refractivity contribution in [2.24, 2.45) is 0 Å². The minimum Gasteiger partial charge on any atom is -0.383 e. The van der Waals surface area contributed by atoms with Crippen LogP contribution in [0.5, 0.6) is 0 Å². The molecule has 0 aliphatic heterocycles. The Kier molecular flexibility index (Phi) is 6.26. The van der Waals surface area contributed by atoms with Gasteiger partial charge < -0.3 is 14.6 Å². The fraction of sp³-hybridized carbons (Fsp3) is 0.471. The Hall–Kier alpha value is -1.83. The van der Waals surface area contributed by atoms with E-state index in [-0.39, 0.29) is 0 Å². The summed E-state index contributed by atoms with van der Waals surface area (Å²) in [7, 11) is 1.72. The number of unbranched alkanes of at least 4 members (excludes halogenated alkanes) is 2. The van der Waals surface area contributed by atoms with Crippen LogP contribution < -0.4 is 5.32 Å². The van der Waals surface area contributed by atoms with Crippen LogP contribution in [-0.2, 0) is 17.8 Å². The second kappa shape index (κ2) is 8.46. The Labute approximate surface area is 126 Å². The van der Waals surface area contributed by atoms with E-state index in [0.29, 0.717) is 6.42 Å². The zero-order valence-electron chi connectivity index (χ0n) is 12.6. The van der Waals surface area contributed by atoms with Gasteiger partial charge in [-0.2, -0.15) is 5.26 Å². The van der Waals surface area contributed by atoms with Gasteiger partial charge in [0.15, 0.2) is 0 Å². The number of benzene rings is 1. The molecule has 1 aromatic heterocycles. The molecular weight excluding hydrogens is 262 g/mol. The molecule has 0 aliphatic carbocycles. The van der Waals surface area contributed by atoms with Crippen molar-refractivity contribution in [1.82, 2.24) is 9.88 Å². The molecule has 21 heavy (non-hydrogen) atoms. The predicted molar refractivity (Wildman–Crippen MR) is 85.0 cm³/mol. The van der Waals surface area contributed by atoms with Gasteiger partial charge >= 0.3 is 0 Å². The number of aromatic nitrogens is 1. The summed E-state index contributed by atoms with van der Waals surface area (Å²) in [5, 5.41) is 13.3. The van der Waals surface area contributed by atoms with Crippen LogP contribution in [0.4, 0.5) is 0 Å². The Balaban J connectivity index is 2.05. The van der Waals surface area contributed by atoms with E-state index in [1.807, 2.05) is 0 Å². The van der Waals surface area contributed by atoms with Crippen LogP contribution in [0, 0.1) is 11.3 Å². The number of ether oxygens (including phenoxy) is 1. The van der Waals surface area contributed by atoms with Gasteiger partial charge in [-0.3, -0.25) is 0 Å². The quantitative estimate of drug-likeness (QED) is 0.720. The summed E-state index contributed by atoms with van der Waals surface area (Å²) in [5.74, 6) is 0. The summed E-state index contributed by atoms with van der Waals surface area (Å²) < 4.78 is 7.36. The van der Waals surface area contributed by atoms with E-state index >= 15 is 0 Å². The highest BCUT2D eigenvalue weighted by molar-refractivity contribution is 5.83. The molecule has 0 amide bonds. The van der Waals surface area contributed by atoms with Gasteiger partial charge in [0.2, 0.25) is 0 Å². The van der Waals surface area contributed by atoms with Crippen molar-refractivity contribution in [3.63, 3.8) is 0 Å². The highest BCUT2D eigenvalue weighted by atomic mass is 16.5. The number of nitrogens with zero attached hydrogens (tertiary/aromatic N) is 2. The van der Waals surface area contributed by atoms with Crippen LogP contribution in [0.25, 0.3) is 10.9 Å². The topological polar surface area (TPSA) is 50.0 Å². The Morgan fingerprint density at radius 1 is 1.29 bits per heavy atom. The van der Waals surface area contributed by atoms with E-state index in [4.69, 9.17) is 10.00 Å². The Morgan fingerprint density at radius 2 is 2.14 bits per heavy atom. The minimum absolute atomic E-state index is 0.643. The van der Waals surface area contributed by atoms with Crippen LogP contribution >= 0.6 is 0 Å². The van der Waals surface area contributed by atoms with Crippen LogP contribution in [0.2, 0.25) is 0 Å². The Morgan fingerprint density at radius 3 is 2.95 bits per heavy atom. The van der Waals surface area contributed by atoms with Crippen molar-refractivity contribution in [2.45, 2.75) is 32.4 Å². The maximum Gasteiger partial charge on any atom is 0.0621 e. The van der Waals surface area contributed by atoms with Gasteiger partial charge in [0.1, 0.15) is 0 Å². The smallest absolute Gasteiger partial charge is 0.0621 e. The van der Waals surface area contributed by atoms with Crippen LogP contribution in [0.1, 0.15) is 24.8 Å². The van der Waals surface area contributed by atoms with Crippen LogP contribution in [-0.4, -0.2) is 24.8 Å². The van der Waals surface area contributed by atoms with E-state index in [2.05, 4.69) is 46.4 Å².